The highest BCUT2D eigenvalue weighted by molar-refractivity contribution is 6.02. The molecular weight excluding hydrogens is 232 g/mol. The van der Waals surface area contributed by atoms with E-state index >= 15 is 0 Å². The van der Waals surface area contributed by atoms with E-state index in [2.05, 4.69) is 0 Å². The van der Waals surface area contributed by atoms with Crippen molar-refractivity contribution in [2.75, 3.05) is 21.3 Å². The average molecular weight is 252 g/mol. The summed E-state index contributed by atoms with van der Waals surface area (Å²) in [6.07, 6.45) is 0.608. The molecule has 1 aromatic carbocycles. The number of Topliss-reactive ketones (excluding diaryl/α,β-unsaturated/α-hetero) is 1. The number of carbonyl (C=O) groups is 1. The smallest absolute Gasteiger partial charge is 0.194 e. The van der Waals surface area contributed by atoms with E-state index in [4.69, 9.17) is 14.2 Å². The molecule has 0 aliphatic carbocycles. The number of methoxy groups -OCH3 is 3. The molecule has 1 rings (SSSR count). The molecule has 0 aromatic heterocycles. The van der Waals surface area contributed by atoms with Crippen LogP contribution >= 0.6 is 0 Å². The van der Waals surface area contributed by atoms with E-state index in [1.807, 2.05) is 6.92 Å². The van der Waals surface area contributed by atoms with Crippen LogP contribution in [0.5, 0.6) is 11.5 Å². The van der Waals surface area contributed by atoms with Gasteiger partial charge in [-0.1, -0.05) is 6.92 Å². The van der Waals surface area contributed by atoms with Crippen molar-refractivity contribution in [1.29, 1.82) is 0 Å². The quantitative estimate of drug-likeness (QED) is 0.730. The van der Waals surface area contributed by atoms with Gasteiger partial charge in [0.1, 0.15) is 5.60 Å². The van der Waals surface area contributed by atoms with Gasteiger partial charge >= 0.3 is 0 Å². The fourth-order valence-electron chi connectivity index (χ4n) is 1.68. The third-order valence-electron chi connectivity index (χ3n) is 3.25. The number of hydrogen-bond acceptors (Lipinski definition) is 4. The van der Waals surface area contributed by atoms with Gasteiger partial charge in [0.2, 0.25) is 0 Å². The number of rotatable bonds is 6. The minimum Gasteiger partial charge on any atom is -0.493 e. The Balaban J connectivity index is 3.14. The monoisotopic (exact) mass is 252 g/mol. The van der Waals surface area contributed by atoms with Crippen molar-refractivity contribution in [3.05, 3.63) is 23.8 Å². The Bertz CT molecular complexity index is 422. The second-order valence-corrected chi connectivity index (χ2v) is 4.19. The summed E-state index contributed by atoms with van der Waals surface area (Å²) in [6.45, 7) is 3.70. The Morgan fingerprint density at radius 1 is 1.17 bits per heavy atom. The Morgan fingerprint density at radius 3 is 2.22 bits per heavy atom. The Kier molecular flexibility index (Phi) is 4.73. The third kappa shape index (κ3) is 2.64. The zero-order chi connectivity index (χ0) is 13.8. The lowest BCUT2D eigenvalue weighted by molar-refractivity contribution is 0.0106. The van der Waals surface area contributed by atoms with Gasteiger partial charge in [-0.3, -0.25) is 4.79 Å². The molecule has 0 heterocycles. The highest BCUT2D eigenvalue weighted by Gasteiger charge is 2.32. The first kappa shape index (κ1) is 14.5. The molecule has 0 fully saturated rings. The van der Waals surface area contributed by atoms with Crippen LogP contribution in [-0.4, -0.2) is 32.7 Å². The van der Waals surface area contributed by atoms with Gasteiger partial charge in [-0.25, -0.2) is 0 Å². The van der Waals surface area contributed by atoms with Crippen molar-refractivity contribution in [2.24, 2.45) is 0 Å². The van der Waals surface area contributed by atoms with Crippen LogP contribution in [-0.2, 0) is 4.74 Å². The summed E-state index contributed by atoms with van der Waals surface area (Å²) < 4.78 is 15.6. The molecule has 0 aliphatic rings. The van der Waals surface area contributed by atoms with Gasteiger partial charge in [0.15, 0.2) is 17.3 Å². The van der Waals surface area contributed by atoms with Gasteiger partial charge in [0.25, 0.3) is 0 Å². The first-order chi connectivity index (χ1) is 8.52. The molecule has 4 heteroatoms. The predicted octanol–water partition coefficient (Wildman–Crippen LogP) is 2.70. The third-order valence-corrected chi connectivity index (χ3v) is 3.25. The van der Waals surface area contributed by atoms with Crippen LogP contribution in [0.4, 0.5) is 0 Å². The lowest BCUT2D eigenvalue weighted by Crippen LogP contribution is -2.36. The molecule has 1 atom stereocenters. The molecule has 1 unspecified atom stereocenters. The maximum Gasteiger partial charge on any atom is 0.194 e. The Hall–Kier alpha value is -1.55. The predicted molar refractivity (Wildman–Crippen MR) is 69.6 cm³/mol. The second kappa shape index (κ2) is 5.87. The molecule has 0 radical (unpaired) electrons. The summed E-state index contributed by atoms with van der Waals surface area (Å²) in [5, 5.41) is 0. The molecule has 0 aliphatic heterocycles. The molecule has 18 heavy (non-hydrogen) atoms. The first-order valence-corrected chi connectivity index (χ1v) is 5.84. The van der Waals surface area contributed by atoms with Crippen LogP contribution in [0.1, 0.15) is 30.6 Å². The summed E-state index contributed by atoms with van der Waals surface area (Å²) in [5.74, 6) is 1.08. The van der Waals surface area contributed by atoms with E-state index < -0.39 is 5.60 Å². The number of ketones is 1. The number of carbonyl (C=O) groups excluding carboxylic acids is 1. The van der Waals surface area contributed by atoms with Gasteiger partial charge < -0.3 is 14.2 Å². The molecule has 100 valence electrons. The highest BCUT2D eigenvalue weighted by atomic mass is 16.5. The maximum atomic E-state index is 12.4. The summed E-state index contributed by atoms with van der Waals surface area (Å²) in [5.41, 5.74) is -0.251. The number of benzene rings is 1. The lowest BCUT2D eigenvalue weighted by Gasteiger charge is -2.25. The van der Waals surface area contributed by atoms with Gasteiger partial charge in [0, 0.05) is 12.7 Å². The molecule has 0 N–H and O–H groups in total. The van der Waals surface area contributed by atoms with Gasteiger partial charge in [-0.2, -0.15) is 0 Å². The number of ether oxygens (including phenoxy) is 3. The molecule has 0 amide bonds. The van der Waals surface area contributed by atoms with E-state index in [0.717, 1.165) is 0 Å². The van der Waals surface area contributed by atoms with Gasteiger partial charge in [-0.15, -0.1) is 0 Å². The van der Waals surface area contributed by atoms with Crippen molar-refractivity contribution in [3.63, 3.8) is 0 Å². The Morgan fingerprint density at radius 2 is 1.78 bits per heavy atom. The van der Waals surface area contributed by atoms with E-state index in [-0.39, 0.29) is 5.78 Å². The molecule has 0 saturated heterocycles. The maximum absolute atomic E-state index is 12.4. The number of hydrogen-bond donors (Lipinski definition) is 0. The molecule has 0 saturated carbocycles. The van der Waals surface area contributed by atoms with Crippen LogP contribution in [0.15, 0.2) is 18.2 Å². The SMILES string of the molecule is CCC(C)(OC)C(=O)c1ccc(OC)c(OC)c1. The standard InChI is InChI=1S/C14H20O4/c1-6-14(2,18-5)13(15)10-7-8-11(16-3)12(9-10)17-4/h7-9H,6H2,1-5H3. The van der Waals surface area contributed by atoms with Crippen LogP contribution in [0, 0.1) is 0 Å². The van der Waals surface area contributed by atoms with Crippen LogP contribution in [0.3, 0.4) is 0 Å². The fraction of sp³-hybridized carbons (Fsp3) is 0.500. The van der Waals surface area contributed by atoms with E-state index in [9.17, 15) is 4.79 Å². The van der Waals surface area contributed by atoms with Gasteiger partial charge in [0.05, 0.1) is 14.2 Å². The zero-order valence-electron chi connectivity index (χ0n) is 11.6. The molecule has 0 spiro atoms. The summed E-state index contributed by atoms with van der Waals surface area (Å²) in [6, 6.07) is 5.11. The molecule has 4 nitrogen and oxygen atoms in total. The van der Waals surface area contributed by atoms with Gasteiger partial charge in [-0.05, 0) is 31.5 Å². The largest absolute Gasteiger partial charge is 0.493 e. The normalized spacial score (nSPS) is 13.8. The molecular formula is C14H20O4. The second-order valence-electron chi connectivity index (χ2n) is 4.19. The summed E-state index contributed by atoms with van der Waals surface area (Å²) in [7, 11) is 4.65. The van der Waals surface area contributed by atoms with Crippen molar-refractivity contribution >= 4 is 5.78 Å². The topological polar surface area (TPSA) is 44.8 Å². The van der Waals surface area contributed by atoms with E-state index in [0.29, 0.717) is 23.5 Å². The van der Waals surface area contributed by atoms with E-state index in [1.54, 1.807) is 46.5 Å². The molecule has 0 bridgehead atoms. The Labute approximate surface area is 108 Å². The van der Waals surface area contributed by atoms with Crippen molar-refractivity contribution in [2.45, 2.75) is 25.9 Å². The van der Waals surface area contributed by atoms with Crippen LogP contribution in [0.25, 0.3) is 0 Å². The fourth-order valence-corrected chi connectivity index (χ4v) is 1.68. The van der Waals surface area contributed by atoms with E-state index in [1.165, 1.54) is 0 Å². The summed E-state index contributed by atoms with van der Waals surface area (Å²) >= 11 is 0. The van der Waals surface area contributed by atoms with Crippen molar-refractivity contribution in [3.8, 4) is 11.5 Å². The minimum absolute atomic E-state index is 0.0616. The highest BCUT2D eigenvalue weighted by Crippen LogP contribution is 2.30. The summed E-state index contributed by atoms with van der Waals surface area (Å²) in [4.78, 5) is 12.4. The van der Waals surface area contributed by atoms with Crippen LogP contribution in [0.2, 0.25) is 0 Å². The lowest BCUT2D eigenvalue weighted by atomic mass is 9.92. The first-order valence-electron chi connectivity index (χ1n) is 5.84. The average Bonchev–Trinajstić information content (AvgIpc) is 2.44. The molecule has 1 aromatic rings. The minimum atomic E-state index is -0.806. The van der Waals surface area contributed by atoms with Crippen molar-refractivity contribution < 1.29 is 19.0 Å². The van der Waals surface area contributed by atoms with Crippen molar-refractivity contribution in [1.82, 2.24) is 0 Å². The zero-order valence-corrected chi connectivity index (χ0v) is 11.6. The van der Waals surface area contributed by atoms with Crippen LogP contribution < -0.4 is 9.47 Å².